The summed E-state index contributed by atoms with van der Waals surface area (Å²) in [6.45, 7) is 3.53. The molecule has 3 rings (SSSR count). The third-order valence-electron chi connectivity index (χ3n) is 5.57. The van der Waals surface area contributed by atoms with E-state index in [0.717, 1.165) is 32.1 Å². The minimum atomic E-state index is -1.93. The molecule has 0 saturated carbocycles. The van der Waals surface area contributed by atoms with Crippen molar-refractivity contribution in [3.05, 3.63) is 70.8 Å². The largest absolute Gasteiger partial charge is 0.467 e. The molecule has 0 spiro atoms. The van der Waals surface area contributed by atoms with Crippen LogP contribution in [0.2, 0.25) is 0 Å². The first-order valence-corrected chi connectivity index (χ1v) is 10.6. The molecule has 30 heavy (non-hydrogen) atoms. The van der Waals surface area contributed by atoms with E-state index in [1.807, 2.05) is 18.2 Å². The molecule has 0 radical (unpaired) electrons. The van der Waals surface area contributed by atoms with Gasteiger partial charge in [-0.05, 0) is 44.4 Å². The molecule has 1 heterocycles. The Kier molecular flexibility index (Phi) is 6.88. The maximum absolute atomic E-state index is 14.9. The fourth-order valence-corrected chi connectivity index (χ4v) is 4.98. The van der Waals surface area contributed by atoms with Gasteiger partial charge in [-0.1, -0.05) is 42.3 Å². The summed E-state index contributed by atoms with van der Waals surface area (Å²) in [4.78, 5) is 12.0. The predicted molar refractivity (Wildman–Crippen MR) is 112 cm³/mol. The Labute approximate surface area is 179 Å². The smallest absolute Gasteiger partial charge is 0.340 e. The molecule has 3 atom stereocenters. The molecule has 160 valence electrons. The number of nitrogens with zero attached hydrogens (tertiary/aromatic N) is 2. The van der Waals surface area contributed by atoms with Gasteiger partial charge in [0.15, 0.2) is 0 Å². The van der Waals surface area contributed by atoms with Crippen LogP contribution in [0.1, 0.15) is 48.6 Å². The van der Waals surface area contributed by atoms with Crippen molar-refractivity contribution in [2.24, 2.45) is 5.11 Å². The molecular weight excluding hydrogens is 408 g/mol. The third kappa shape index (κ3) is 4.39. The van der Waals surface area contributed by atoms with Crippen molar-refractivity contribution in [1.29, 1.82) is 5.53 Å². The van der Waals surface area contributed by atoms with E-state index in [1.165, 1.54) is 12.5 Å². The van der Waals surface area contributed by atoms with Crippen LogP contribution in [0, 0.1) is 17.2 Å². The number of esters is 1. The fourth-order valence-electron chi connectivity index (χ4n) is 3.61. The normalized spacial score (nSPS) is 21.6. The zero-order valence-electron chi connectivity index (χ0n) is 17.2. The van der Waals surface area contributed by atoms with Crippen molar-refractivity contribution in [3.8, 4) is 0 Å². The van der Waals surface area contributed by atoms with Crippen molar-refractivity contribution >= 4 is 17.9 Å². The molecule has 1 unspecified atom stereocenters. The molecule has 1 aliphatic rings. The average molecular weight is 434 g/mol. The van der Waals surface area contributed by atoms with Crippen LogP contribution >= 0.6 is 11.9 Å². The Morgan fingerprint density at radius 2 is 1.97 bits per heavy atom. The number of hydrogen-bond donors (Lipinski definition) is 1. The van der Waals surface area contributed by atoms with Crippen LogP contribution in [0.25, 0.3) is 0 Å². The second-order valence-electron chi connectivity index (χ2n) is 7.61. The lowest BCUT2D eigenvalue weighted by molar-refractivity contribution is -0.147. The average Bonchev–Trinajstić information content (AvgIpc) is 2.76. The van der Waals surface area contributed by atoms with Crippen LogP contribution in [0.5, 0.6) is 0 Å². The number of rotatable bonds is 6. The Balaban J connectivity index is 1.85. The fraction of sp³-hybridized carbons (Fsp3) is 0.409. The van der Waals surface area contributed by atoms with Gasteiger partial charge < -0.3 is 4.74 Å². The van der Waals surface area contributed by atoms with Crippen molar-refractivity contribution in [2.45, 2.75) is 50.1 Å². The molecule has 2 aromatic carbocycles. The van der Waals surface area contributed by atoms with E-state index in [9.17, 15) is 13.6 Å². The standard InChI is InChI=1S/C22H25F2N3O2S/c1-14-9-10-20(15-7-5-4-6-8-15)30-27(14)13-16-11-19(24)17(12-18(16)23)22(2,26-25)21(28)29-3/h4-8,11-12,14,20,25H,9-10,13H2,1-3H3/t14-,20+,22?/m0/s1. The molecule has 0 aliphatic carbocycles. The van der Waals surface area contributed by atoms with Gasteiger partial charge in [0, 0.05) is 29.0 Å². The Bertz CT molecular complexity index is 928. The van der Waals surface area contributed by atoms with Crippen molar-refractivity contribution in [3.63, 3.8) is 0 Å². The molecule has 0 aromatic heterocycles. The van der Waals surface area contributed by atoms with Crippen LogP contribution < -0.4 is 0 Å². The molecule has 1 N–H and O–H groups in total. The van der Waals surface area contributed by atoms with Crippen molar-refractivity contribution < 1.29 is 18.3 Å². The van der Waals surface area contributed by atoms with Crippen LogP contribution in [0.4, 0.5) is 8.78 Å². The van der Waals surface area contributed by atoms with Gasteiger partial charge in [0.2, 0.25) is 5.54 Å². The summed E-state index contributed by atoms with van der Waals surface area (Å²) in [6.07, 6.45) is 1.97. The Morgan fingerprint density at radius 1 is 1.27 bits per heavy atom. The lowest BCUT2D eigenvalue weighted by Crippen LogP contribution is -2.33. The Morgan fingerprint density at radius 3 is 2.60 bits per heavy atom. The first-order chi connectivity index (χ1) is 14.3. The van der Waals surface area contributed by atoms with Gasteiger partial charge in [0.05, 0.1) is 7.11 Å². The van der Waals surface area contributed by atoms with E-state index in [4.69, 9.17) is 5.53 Å². The number of halogens is 2. The maximum atomic E-state index is 14.9. The number of carbonyl (C=O) groups is 1. The molecule has 5 nitrogen and oxygen atoms in total. The summed E-state index contributed by atoms with van der Waals surface area (Å²) < 4.78 is 36.5. The van der Waals surface area contributed by atoms with Gasteiger partial charge in [0.1, 0.15) is 11.6 Å². The first kappa shape index (κ1) is 22.4. The quantitative estimate of drug-likeness (QED) is 0.357. The molecular formula is C22H25F2N3O2S. The molecule has 0 amide bonds. The van der Waals surface area contributed by atoms with E-state index in [2.05, 4.69) is 33.2 Å². The number of methoxy groups -OCH3 is 1. The highest BCUT2D eigenvalue weighted by Crippen LogP contribution is 2.43. The number of benzene rings is 2. The molecule has 1 fully saturated rings. The topological polar surface area (TPSA) is 65.8 Å². The van der Waals surface area contributed by atoms with Gasteiger partial charge in [-0.3, -0.25) is 0 Å². The van der Waals surface area contributed by atoms with E-state index in [0.29, 0.717) is 0 Å². The highest BCUT2D eigenvalue weighted by molar-refractivity contribution is 7.97. The van der Waals surface area contributed by atoms with Gasteiger partial charge in [-0.2, -0.15) is 5.11 Å². The van der Waals surface area contributed by atoms with Gasteiger partial charge >= 0.3 is 5.97 Å². The maximum Gasteiger partial charge on any atom is 0.340 e. The lowest BCUT2D eigenvalue weighted by Gasteiger charge is -2.37. The molecule has 0 bridgehead atoms. The zero-order valence-corrected chi connectivity index (χ0v) is 18.0. The van der Waals surface area contributed by atoms with Crippen LogP contribution in [-0.2, 0) is 21.6 Å². The summed E-state index contributed by atoms with van der Waals surface area (Å²) in [5.74, 6) is -2.35. The second-order valence-corrected chi connectivity index (χ2v) is 8.85. The van der Waals surface area contributed by atoms with E-state index >= 15 is 0 Å². The summed E-state index contributed by atoms with van der Waals surface area (Å²) in [6, 6.07) is 12.4. The van der Waals surface area contributed by atoms with Crippen molar-refractivity contribution in [1.82, 2.24) is 4.31 Å². The van der Waals surface area contributed by atoms with Crippen LogP contribution in [-0.4, -0.2) is 23.4 Å². The minimum absolute atomic E-state index is 0.196. The molecule has 1 saturated heterocycles. The number of ether oxygens (including phenoxy) is 1. The molecule has 1 aliphatic heterocycles. The van der Waals surface area contributed by atoms with Gasteiger partial charge in [-0.15, -0.1) is 0 Å². The zero-order chi connectivity index (χ0) is 21.9. The third-order valence-corrected chi connectivity index (χ3v) is 7.09. The molecule has 8 heteroatoms. The number of hydrogen-bond acceptors (Lipinski definition) is 6. The highest BCUT2D eigenvalue weighted by atomic mass is 32.2. The SMILES string of the molecule is COC(=O)C(C)(N=N)c1cc(F)c(CN2S[C@@H](c3ccccc3)CC[C@@H]2C)cc1F. The minimum Gasteiger partial charge on any atom is -0.467 e. The summed E-state index contributed by atoms with van der Waals surface area (Å²) in [7, 11) is 1.12. The number of carbonyl (C=O) groups excluding carboxylic acids is 1. The summed E-state index contributed by atoms with van der Waals surface area (Å²) in [5.41, 5.74) is 6.48. The predicted octanol–water partition coefficient (Wildman–Crippen LogP) is 5.76. The lowest BCUT2D eigenvalue weighted by atomic mass is 9.91. The van der Waals surface area contributed by atoms with Crippen molar-refractivity contribution in [2.75, 3.05) is 7.11 Å². The second kappa shape index (κ2) is 9.22. The van der Waals surface area contributed by atoms with Gasteiger partial charge in [0.25, 0.3) is 0 Å². The monoisotopic (exact) mass is 433 g/mol. The van der Waals surface area contributed by atoms with Gasteiger partial charge in [-0.25, -0.2) is 23.4 Å². The van der Waals surface area contributed by atoms with Crippen LogP contribution in [0.3, 0.4) is 0 Å². The summed E-state index contributed by atoms with van der Waals surface area (Å²) >= 11 is 1.65. The summed E-state index contributed by atoms with van der Waals surface area (Å²) in [5, 5.41) is 3.48. The molecule has 2 aromatic rings. The Hall–Kier alpha value is -2.32. The highest BCUT2D eigenvalue weighted by Gasteiger charge is 2.40. The van der Waals surface area contributed by atoms with E-state index in [-0.39, 0.29) is 29.0 Å². The van der Waals surface area contributed by atoms with E-state index < -0.39 is 23.1 Å². The first-order valence-electron chi connectivity index (χ1n) is 9.74. The van der Waals surface area contributed by atoms with E-state index in [1.54, 1.807) is 11.9 Å². The van der Waals surface area contributed by atoms with Crippen LogP contribution in [0.15, 0.2) is 47.6 Å². The number of nitrogens with one attached hydrogen (secondary N) is 1.